The summed E-state index contributed by atoms with van der Waals surface area (Å²) in [5.41, 5.74) is -1.69. The SMILES string of the molecule is COc1ccccc1-n1ccn(CC(=O)Nc2ccc(F)cc2F)c(=O)c1=O. The van der Waals surface area contributed by atoms with Crippen LogP contribution in [-0.2, 0) is 11.3 Å². The molecule has 1 aromatic heterocycles. The topological polar surface area (TPSA) is 82.3 Å². The molecule has 2 aromatic carbocycles. The van der Waals surface area contributed by atoms with Gasteiger partial charge in [0.15, 0.2) is 0 Å². The Labute approximate surface area is 157 Å². The Morgan fingerprint density at radius 2 is 1.82 bits per heavy atom. The molecule has 0 bridgehead atoms. The van der Waals surface area contributed by atoms with Crippen molar-refractivity contribution >= 4 is 11.6 Å². The number of ether oxygens (including phenoxy) is 1. The van der Waals surface area contributed by atoms with Gasteiger partial charge in [-0.3, -0.25) is 23.5 Å². The van der Waals surface area contributed by atoms with Crippen LogP contribution in [0.4, 0.5) is 14.5 Å². The van der Waals surface area contributed by atoms with Crippen LogP contribution in [0.1, 0.15) is 0 Å². The number of rotatable bonds is 5. The van der Waals surface area contributed by atoms with Crippen LogP contribution < -0.4 is 21.2 Å². The van der Waals surface area contributed by atoms with Crippen LogP contribution in [0.5, 0.6) is 5.75 Å². The third kappa shape index (κ3) is 3.83. The number of anilines is 1. The molecule has 3 rings (SSSR count). The van der Waals surface area contributed by atoms with E-state index in [1.54, 1.807) is 24.3 Å². The van der Waals surface area contributed by atoms with Crippen LogP contribution in [0.25, 0.3) is 5.69 Å². The highest BCUT2D eigenvalue weighted by Gasteiger charge is 2.13. The number of aromatic nitrogens is 2. The number of benzene rings is 2. The minimum atomic E-state index is -0.952. The first kappa shape index (κ1) is 19.0. The molecule has 0 aliphatic rings. The fraction of sp³-hybridized carbons (Fsp3) is 0.105. The maximum absolute atomic E-state index is 13.6. The average Bonchev–Trinajstić information content (AvgIpc) is 2.68. The number of hydrogen-bond donors (Lipinski definition) is 1. The molecular formula is C19H15F2N3O4. The molecule has 144 valence electrons. The summed E-state index contributed by atoms with van der Waals surface area (Å²) < 4.78 is 33.7. The van der Waals surface area contributed by atoms with Gasteiger partial charge in [-0.05, 0) is 24.3 Å². The first-order chi connectivity index (χ1) is 13.4. The first-order valence-electron chi connectivity index (χ1n) is 8.11. The summed E-state index contributed by atoms with van der Waals surface area (Å²) in [5.74, 6) is -2.09. The van der Waals surface area contributed by atoms with Crippen molar-refractivity contribution in [2.24, 2.45) is 0 Å². The standard InChI is InChI=1S/C19H15F2N3O4/c1-28-16-5-3-2-4-15(16)24-9-8-23(18(26)19(24)27)11-17(25)22-14-7-6-12(20)10-13(14)21/h2-10H,11H2,1H3,(H,22,25). The third-order valence-electron chi connectivity index (χ3n) is 3.92. The number of hydrogen-bond acceptors (Lipinski definition) is 4. The lowest BCUT2D eigenvalue weighted by molar-refractivity contribution is -0.116. The second-order valence-corrected chi connectivity index (χ2v) is 5.75. The molecule has 0 aliphatic carbocycles. The molecule has 1 heterocycles. The second-order valence-electron chi connectivity index (χ2n) is 5.75. The van der Waals surface area contributed by atoms with Gasteiger partial charge in [0, 0.05) is 18.5 Å². The summed E-state index contributed by atoms with van der Waals surface area (Å²) in [7, 11) is 1.43. The molecule has 0 radical (unpaired) electrons. The lowest BCUT2D eigenvalue weighted by Crippen LogP contribution is -2.41. The quantitative estimate of drug-likeness (QED) is 0.679. The molecule has 0 aliphatic heterocycles. The number of carbonyl (C=O) groups excluding carboxylic acids is 1. The minimum Gasteiger partial charge on any atom is -0.495 e. The molecule has 1 N–H and O–H groups in total. The van der Waals surface area contributed by atoms with Crippen LogP contribution in [0.15, 0.2) is 64.4 Å². The Hall–Kier alpha value is -3.75. The van der Waals surface area contributed by atoms with Gasteiger partial charge in [-0.1, -0.05) is 12.1 Å². The number of para-hydroxylation sites is 2. The molecule has 3 aromatic rings. The number of nitrogens with one attached hydrogen (secondary N) is 1. The zero-order valence-electron chi connectivity index (χ0n) is 14.7. The number of nitrogens with zero attached hydrogens (tertiary/aromatic N) is 2. The van der Waals surface area contributed by atoms with Gasteiger partial charge in [0.25, 0.3) is 0 Å². The molecule has 0 saturated carbocycles. The maximum Gasteiger partial charge on any atom is 0.321 e. The molecule has 7 nitrogen and oxygen atoms in total. The van der Waals surface area contributed by atoms with Crippen LogP contribution in [0.2, 0.25) is 0 Å². The van der Waals surface area contributed by atoms with Gasteiger partial charge < -0.3 is 10.1 Å². The number of carbonyl (C=O) groups is 1. The largest absolute Gasteiger partial charge is 0.495 e. The predicted molar refractivity (Wildman–Crippen MR) is 97.8 cm³/mol. The van der Waals surface area contributed by atoms with E-state index in [0.717, 1.165) is 21.3 Å². The van der Waals surface area contributed by atoms with Crippen molar-refractivity contribution < 1.29 is 18.3 Å². The summed E-state index contributed by atoms with van der Waals surface area (Å²) in [5, 5.41) is 2.23. The van der Waals surface area contributed by atoms with Crippen LogP contribution >= 0.6 is 0 Å². The molecule has 0 atom stereocenters. The summed E-state index contributed by atoms with van der Waals surface area (Å²) in [4.78, 5) is 36.9. The first-order valence-corrected chi connectivity index (χ1v) is 8.11. The normalized spacial score (nSPS) is 10.5. The highest BCUT2D eigenvalue weighted by molar-refractivity contribution is 5.90. The van der Waals surface area contributed by atoms with E-state index in [4.69, 9.17) is 4.74 Å². The van der Waals surface area contributed by atoms with E-state index in [9.17, 15) is 23.2 Å². The van der Waals surface area contributed by atoms with Gasteiger partial charge >= 0.3 is 11.1 Å². The van der Waals surface area contributed by atoms with Crippen LogP contribution in [-0.4, -0.2) is 22.2 Å². The smallest absolute Gasteiger partial charge is 0.321 e. The van der Waals surface area contributed by atoms with Crippen molar-refractivity contribution in [2.75, 3.05) is 12.4 Å². The lowest BCUT2D eigenvalue weighted by atomic mass is 10.3. The lowest BCUT2D eigenvalue weighted by Gasteiger charge is -2.12. The maximum atomic E-state index is 13.6. The summed E-state index contributed by atoms with van der Waals surface area (Å²) >= 11 is 0. The van der Waals surface area contributed by atoms with Gasteiger partial charge in [0.1, 0.15) is 23.9 Å². The van der Waals surface area contributed by atoms with E-state index in [1.807, 2.05) is 0 Å². The Balaban J connectivity index is 1.86. The summed E-state index contributed by atoms with van der Waals surface area (Å²) in [6.07, 6.45) is 2.59. The average molecular weight is 387 g/mol. The highest BCUT2D eigenvalue weighted by Crippen LogP contribution is 2.20. The van der Waals surface area contributed by atoms with E-state index in [1.165, 1.54) is 19.5 Å². The van der Waals surface area contributed by atoms with Crippen molar-refractivity contribution in [3.05, 3.63) is 87.2 Å². The zero-order chi connectivity index (χ0) is 20.3. The van der Waals surface area contributed by atoms with Gasteiger partial charge in [-0.15, -0.1) is 0 Å². The highest BCUT2D eigenvalue weighted by atomic mass is 19.1. The van der Waals surface area contributed by atoms with Crippen molar-refractivity contribution in [2.45, 2.75) is 6.54 Å². The molecule has 1 amide bonds. The molecule has 0 saturated heterocycles. The van der Waals surface area contributed by atoms with Crippen molar-refractivity contribution in [3.8, 4) is 11.4 Å². The molecule has 28 heavy (non-hydrogen) atoms. The Kier molecular flexibility index (Phi) is 5.35. The van der Waals surface area contributed by atoms with Crippen molar-refractivity contribution in [1.82, 2.24) is 9.13 Å². The van der Waals surface area contributed by atoms with E-state index in [-0.39, 0.29) is 5.69 Å². The molecular weight excluding hydrogens is 372 g/mol. The van der Waals surface area contributed by atoms with Gasteiger partial charge in [0.05, 0.1) is 18.5 Å². The molecule has 0 fully saturated rings. The van der Waals surface area contributed by atoms with E-state index < -0.39 is 35.2 Å². The molecule has 0 spiro atoms. The van der Waals surface area contributed by atoms with E-state index in [2.05, 4.69) is 5.32 Å². The monoisotopic (exact) mass is 387 g/mol. The third-order valence-corrected chi connectivity index (χ3v) is 3.92. The van der Waals surface area contributed by atoms with Crippen molar-refractivity contribution in [1.29, 1.82) is 0 Å². The Morgan fingerprint density at radius 3 is 2.54 bits per heavy atom. The summed E-state index contributed by atoms with van der Waals surface area (Å²) in [6.45, 7) is -0.516. The van der Waals surface area contributed by atoms with E-state index >= 15 is 0 Å². The predicted octanol–water partition coefficient (Wildman–Crippen LogP) is 1.92. The molecule has 9 heteroatoms. The fourth-order valence-corrected chi connectivity index (χ4v) is 2.59. The number of amides is 1. The Bertz CT molecular complexity index is 1150. The number of methoxy groups -OCH3 is 1. The van der Waals surface area contributed by atoms with Gasteiger partial charge in [-0.25, -0.2) is 8.78 Å². The minimum absolute atomic E-state index is 0.234. The Morgan fingerprint density at radius 1 is 1.07 bits per heavy atom. The number of halogens is 2. The fourth-order valence-electron chi connectivity index (χ4n) is 2.59. The zero-order valence-corrected chi connectivity index (χ0v) is 14.7. The van der Waals surface area contributed by atoms with Gasteiger partial charge in [-0.2, -0.15) is 0 Å². The molecule has 0 unspecified atom stereocenters. The van der Waals surface area contributed by atoms with Crippen LogP contribution in [0, 0.1) is 11.6 Å². The van der Waals surface area contributed by atoms with E-state index in [0.29, 0.717) is 17.5 Å². The second kappa shape index (κ2) is 7.87. The summed E-state index contributed by atoms with van der Waals surface area (Å²) in [6, 6.07) is 9.31. The van der Waals surface area contributed by atoms with Crippen LogP contribution in [0.3, 0.4) is 0 Å². The van der Waals surface area contributed by atoms with Crippen molar-refractivity contribution in [3.63, 3.8) is 0 Å². The van der Waals surface area contributed by atoms with Gasteiger partial charge in [0.2, 0.25) is 5.91 Å².